The van der Waals surface area contributed by atoms with E-state index in [1.807, 2.05) is 13.8 Å². The zero-order chi connectivity index (χ0) is 24.0. The Labute approximate surface area is 198 Å². The molecule has 3 rings (SSSR count). The highest BCUT2D eigenvalue weighted by Crippen LogP contribution is 2.24. The lowest BCUT2D eigenvalue weighted by Crippen LogP contribution is -2.54. The Hall–Kier alpha value is -2.93. The molecule has 0 aromatic heterocycles. The average molecular weight is 474 g/mol. The average Bonchev–Trinajstić information content (AvgIpc) is 2.81. The molecular weight excluding hydrogens is 445 g/mol. The van der Waals surface area contributed by atoms with Crippen molar-refractivity contribution in [1.82, 2.24) is 15.5 Å². The molecule has 1 aliphatic rings. The molecule has 0 spiro atoms. The lowest BCUT2D eigenvalue weighted by atomic mass is 9.88. The second kappa shape index (κ2) is 11.3. The van der Waals surface area contributed by atoms with Crippen LogP contribution in [0.25, 0.3) is 0 Å². The van der Waals surface area contributed by atoms with Gasteiger partial charge in [-0.05, 0) is 48.9 Å². The third-order valence-electron chi connectivity index (χ3n) is 5.77. The first kappa shape index (κ1) is 24.7. The second-order valence-corrected chi connectivity index (χ2v) is 9.09. The van der Waals surface area contributed by atoms with E-state index in [2.05, 4.69) is 10.6 Å². The molecule has 33 heavy (non-hydrogen) atoms. The molecule has 6 nitrogen and oxygen atoms in total. The number of rotatable bonds is 7. The van der Waals surface area contributed by atoms with Crippen molar-refractivity contribution < 1.29 is 18.8 Å². The number of hydrogen-bond acceptors (Lipinski definition) is 3. The minimum Gasteiger partial charge on any atom is -0.354 e. The summed E-state index contributed by atoms with van der Waals surface area (Å²) in [7, 11) is 0. The number of hydrogen-bond donors (Lipinski definition) is 2. The van der Waals surface area contributed by atoms with Crippen molar-refractivity contribution in [2.45, 2.75) is 32.7 Å². The second-order valence-electron chi connectivity index (χ2n) is 8.68. The summed E-state index contributed by atoms with van der Waals surface area (Å²) in [6.45, 7) is 5.21. The van der Waals surface area contributed by atoms with Gasteiger partial charge in [-0.25, -0.2) is 4.39 Å². The van der Waals surface area contributed by atoms with Crippen molar-refractivity contribution in [1.29, 1.82) is 0 Å². The van der Waals surface area contributed by atoms with Gasteiger partial charge in [0, 0.05) is 19.6 Å². The summed E-state index contributed by atoms with van der Waals surface area (Å²) < 4.78 is 14.0. The third-order valence-corrected chi connectivity index (χ3v) is 6.10. The number of carbonyl (C=O) groups is 3. The fourth-order valence-corrected chi connectivity index (χ4v) is 4.14. The van der Waals surface area contributed by atoms with Crippen LogP contribution < -0.4 is 10.6 Å². The number of carbonyl (C=O) groups excluding carboxylic acids is 3. The summed E-state index contributed by atoms with van der Waals surface area (Å²) in [4.78, 5) is 40.2. The summed E-state index contributed by atoms with van der Waals surface area (Å²) in [5.74, 6) is -1.52. The Kier molecular flexibility index (Phi) is 8.44. The van der Waals surface area contributed by atoms with Gasteiger partial charge in [-0.2, -0.15) is 0 Å². The molecule has 8 heteroatoms. The SMILES string of the molecule is CC(C)CNC(=O)[C@H](NC(=O)c1ccccc1Cl)C1CCN(C(=O)c2ccccc2F)CC1. The number of nitrogens with zero attached hydrogens (tertiary/aromatic N) is 1. The van der Waals surface area contributed by atoms with Crippen LogP contribution in [-0.2, 0) is 4.79 Å². The number of halogens is 2. The van der Waals surface area contributed by atoms with E-state index in [1.54, 1.807) is 41.3 Å². The third kappa shape index (κ3) is 6.32. The minimum atomic E-state index is -0.766. The molecule has 0 aliphatic carbocycles. The number of nitrogens with one attached hydrogen (secondary N) is 2. The molecule has 2 aromatic carbocycles. The summed E-state index contributed by atoms with van der Waals surface area (Å²) in [5, 5.41) is 6.06. The van der Waals surface area contributed by atoms with E-state index in [4.69, 9.17) is 11.6 Å². The van der Waals surface area contributed by atoms with E-state index in [0.29, 0.717) is 43.1 Å². The van der Waals surface area contributed by atoms with Crippen LogP contribution in [0.2, 0.25) is 5.02 Å². The van der Waals surface area contributed by atoms with Gasteiger partial charge in [-0.15, -0.1) is 0 Å². The van der Waals surface area contributed by atoms with Crippen LogP contribution in [0, 0.1) is 17.7 Å². The number of amides is 3. The highest BCUT2D eigenvalue weighted by atomic mass is 35.5. The monoisotopic (exact) mass is 473 g/mol. The molecule has 2 N–H and O–H groups in total. The molecule has 1 heterocycles. The van der Waals surface area contributed by atoms with E-state index in [0.717, 1.165) is 0 Å². The van der Waals surface area contributed by atoms with E-state index < -0.39 is 17.8 Å². The number of benzene rings is 2. The van der Waals surface area contributed by atoms with Gasteiger partial charge in [0.15, 0.2) is 0 Å². The first-order valence-electron chi connectivity index (χ1n) is 11.1. The predicted octanol–water partition coefficient (Wildman–Crippen LogP) is 3.90. The van der Waals surface area contributed by atoms with Gasteiger partial charge in [0.25, 0.3) is 11.8 Å². The standard InChI is InChI=1S/C25H29ClFN3O3/c1-16(2)15-28-24(32)22(29-23(31)18-7-3-5-9-20(18)26)17-11-13-30(14-12-17)25(33)19-8-4-6-10-21(19)27/h3-10,16-17,22H,11-15H2,1-2H3,(H,28,32)(H,29,31)/t22-/m1/s1. The summed E-state index contributed by atoms with van der Waals surface area (Å²) in [6, 6.07) is 11.8. The Morgan fingerprint density at radius 3 is 2.24 bits per heavy atom. The molecule has 0 saturated carbocycles. The Morgan fingerprint density at radius 2 is 1.64 bits per heavy atom. The molecule has 1 atom stereocenters. The van der Waals surface area contributed by atoms with Gasteiger partial charge in [-0.1, -0.05) is 49.7 Å². The van der Waals surface area contributed by atoms with Crippen LogP contribution in [0.4, 0.5) is 4.39 Å². The van der Waals surface area contributed by atoms with Crippen LogP contribution >= 0.6 is 11.6 Å². The van der Waals surface area contributed by atoms with Crippen molar-refractivity contribution >= 4 is 29.3 Å². The van der Waals surface area contributed by atoms with Crippen LogP contribution in [0.15, 0.2) is 48.5 Å². The normalized spacial score (nSPS) is 15.2. The quantitative estimate of drug-likeness (QED) is 0.640. The molecule has 3 amide bonds. The van der Waals surface area contributed by atoms with Crippen molar-refractivity contribution in [3.8, 4) is 0 Å². The van der Waals surface area contributed by atoms with E-state index in [-0.39, 0.29) is 29.2 Å². The van der Waals surface area contributed by atoms with Crippen LogP contribution in [0.3, 0.4) is 0 Å². The Bertz CT molecular complexity index is 1010. The molecule has 176 valence electrons. The lowest BCUT2D eigenvalue weighted by molar-refractivity contribution is -0.124. The van der Waals surface area contributed by atoms with Gasteiger partial charge in [0.1, 0.15) is 11.9 Å². The molecule has 0 unspecified atom stereocenters. The highest BCUT2D eigenvalue weighted by molar-refractivity contribution is 6.33. The van der Waals surface area contributed by atoms with Gasteiger partial charge in [0.05, 0.1) is 16.1 Å². The van der Waals surface area contributed by atoms with Gasteiger partial charge < -0.3 is 15.5 Å². The molecule has 2 aromatic rings. The first-order valence-corrected chi connectivity index (χ1v) is 11.5. The zero-order valence-electron chi connectivity index (χ0n) is 18.8. The van der Waals surface area contributed by atoms with Crippen molar-refractivity contribution in [2.75, 3.05) is 19.6 Å². The maximum absolute atomic E-state index is 14.0. The first-order chi connectivity index (χ1) is 15.8. The largest absolute Gasteiger partial charge is 0.354 e. The Morgan fingerprint density at radius 1 is 1.03 bits per heavy atom. The van der Waals surface area contributed by atoms with Gasteiger partial charge in [-0.3, -0.25) is 14.4 Å². The highest BCUT2D eigenvalue weighted by Gasteiger charge is 2.34. The summed E-state index contributed by atoms with van der Waals surface area (Å²) >= 11 is 6.16. The van der Waals surface area contributed by atoms with Crippen LogP contribution in [-0.4, -0.2) is 48.3 Å². The van der Waals surface area contributed by atoms with Crippen molar-refractivity contribution in [3.63, 3.8) is 0 Å². The number of piperidine rings is 1. The minimum absolute atomic E-state index is 0.0363. The summed E-state index contributed by atoms with van der Waals surface area (Å²) in [5.41, 5.74) is 0.335. The fourth-order valence-electron chi connectivity index (χ4n) is 3.92. The van der Waals surface area contributed by atoms with E-state index in [9.17, 15) is 18.8 Å². The molecule has 0 bridgehead atoms. The van der Waals surface area contributed by atoms with Gasteiger partial charge in [0.2, 0.25) is 5.91 Å². The smallest absolute Gasteiger partial charge is 0.256 e. The van der Waals surface area contributed by atoms with Crippen molar-refractivity contribution in [2.24, 2.45) is 11.8 Å². The van der Waals surface area contributed by atoms with E-state index in [1.165, 1.54) is 12.1 Å². The van der Waals surface area contributed by atoms with Crippen molar-refractivity contribution in [3.05, 3.63) is 70.5 Å². The maximum Gasteiger partial charge on any atom is 0.256 e. The predicted molar refractivity (Wildman–Crippen MR) is 126 cm³/mol. The molecule has 1 saturated heterocycles. The topological polar surface area (TPSA) is 78.5 Å². The molecular formula is C25H29ClFN3O3. The maximum atomic E-state index is 14.0. The number of likely N-dealkylation sites (tertiary alicyclic amines) is 1. The van der Waals surface area contributed by atoms with Crippen LogP contribution in [0.5, 0.6) is 0 Å². The van der Waals surface area contributed by atoms with Gasteiger partial charge >= 0.3 is 0 Å². The molecule has 0 radical (unpaired) electrons. The molecule has 1 aliphatic heterocycles. The fraction of sp³-hybridized carbons (Fsp3) is 0.400. The van der Waals surface area contributed by atoms with Crippen LogP contribution in [0.1, 0.15) is 47.4 Å². The lowest BCUT2D eigenvalue weighted by Gasteiger charge is -2.36. The van der Waals surface area contributed by atoms with E-state index >= 15 is 0 Å². The Balaban J connectivity index is 1.71. The zero-order valence-corrected chi connectivity index (χ0v) is 19.6. The molecule has 1 fully saturated rings. The summed E-state index contributed by atoms with van der Waals surface area (Å²) in [6.07, 6.45) is 1.01.